The Bertz CT molecular complexity index is 8520. The number of para-hydroxylation sites is 3. The number of phenols is 3. The van der Waals surface area contributed by atoms with Crippen LogP contribution in [-0.2, 0) is 20.9 Å². The quantitative estimate of drug-likeness (QED) is 0.0279. The summed E-state index contributed by atoms with van der Waals surface area (Å²) in [6, 6.07) is 79.6. The lowest BCUT2D eigenvalue weighted by Crippen LogP contribution is -2.24. The summed E-state index contributed by atoms with van der Waals surface area (Å²) in [5, 5.41) is 45.9. The maximum atomic E-state index is 14.5. The molecule has 0 amide bonds. The minimum absolute atomic E-state index is 0.0187. The van der Waals surface area contributed by atoms with E-state index in [1.165, 1.54) is 44.0 Å². The van der Waals surface area contributed by atoms with E-state index in [1.54, 1.807) is 141 Å². The number of nitrogens with one attached hydrogen (secondary N) is 4. The number of ketones is 3. The third kappa shape index (κ3) is 20.5. The fourth-order valence-electron chi connectivity index (χ4n) is 19.0. The number of aromatic hydroxyl groups is 3. The monoisotopic (exact) mass is 2120 g/mol. The number of aromatic nitrogens is 6. The van der Waals surface area contributed by atoms with E-state index in [0.29, 0.717) is 218 Å². The summed E-state index contributed by atoms with van der Waals surface area (Å²) in [5.74, 6) is 3.29. The predicted octanol–water partition coefficient (Wildman–Crippen LogP) is 31.7. The smallest absolute Gasteiger partial charge is 0.232 e. The highest BCUT2D eigenvalue weighted by Crippen LogP contribution is 2.55. The van der Waals surface area contributed by atoms with Crippen molar-refractivity contribution in [1.29, 1.82) is 0 Å². The van der Waals surface area contributed by atoms with Gasteiger partial charge >= 0.3 is 0 Å². The van der Waals surface area contributed by atoms with Gasteiger partial charge in [0.2, 0.25) is 10.0 Å². The van der Waals surface area contributed by atoms with Crippen molar-refractivity contribution in [3.63, 3.8) is 0 Å². The standard InChI is InChI=1S/C41H34Cl3N3O3.C40H36N4O7S.C37H26Cl3N3O4/c1-40(2,3)21-41(4,5)22-13-16-24(17-14-22)50-32-20-30(45-36-28(43)11-8-12-29(36)44)33-34-35(25-9-6-7-10-26(25)38(33)49)46-39(47-37(32)34)27-19-23(42)15-18-31(27)48;1-5-6-20-52(46,47)44-29-19-13-12-18-28(29)40-42-36-26-16-10-11-17-27(26)39(45)34-30(41-37-31(49-3)21-25(48-2)22-32(37)50-4)23-33(38(43-40)35(34)36)51-24-14-8-7-9-15-24;1-37(2,3)18-11-13-20(14-12-18)47-28-17-25(41-33-23(39)15-19(38)16-24(33)40)29-31-32(21-7-4-5-8-22(21)35(29)46)42-36(43-34(28)31)30-26(44)9-6-10-27(30)45/h6-20,45,48H,21H2,1-5H3;7-19,21-23,41,44H,5-6,20H2,1-4H3;4-17,41,44-45H,1-3H3. The summed E-state index contributed by atoms with van der Waals surface area (Å²) in [7, 11) is 0.965. The zero-order chi connectivity index (χ0) is 105. The molecular formula is C118H96Cl6N10O14S. The Hall–Kier alpha value is -15.6. The molecule has 149 heavy (non-hydrogen) atoms. The van der Waals surface area contributed by atoms with Crippen LogP contribution in [0.5, 0.6) is 69.0 Å². The number of fused-ring (bicyclic) bond motifs is 6. The van der Waals surface area contributed by atoms with Crippen molar-refractivity contribution >= 4 is 169 Å². The highest BCUT2D eigenvalue weighted by atomic mass is 35.5. The fraction of sp³-hybridized carbons (Fsp3) is 0.161. The average Bonchev–Trinajstić information content (AvgIpc) is 0.698. The van der Waals surface area contributed by atoms with Crippen molar-refractivity contribution in [3.05, 3.63) is 348 Å². The molecule has 0 atom stereocenters. The number of hydrogen-bond donors (Lipinski definition) is 7. The SMILES string of the molecule is CC(C)(C)CC(C)(C)c1ccc(Oc2cc(Nc3c(Cl)cccc3Cl)c3c4c(nc(-c5cc(Cl)ccc5O)nc24)-c2ccccc2C3=O)cc1.CC(C)(C)c1ccc(Oc2cc(Nc3c(Cl)cc(Cl)cc3Cl)c3c4c(nc(-c5c(O)cccc5O)nc24)-c2ccccc2C3=O)cc1.CCCCS(=O)(=O)Nc1ccccc1-c1nc2c3c(c(Nc4c(OC)cc(OC)cc4OC)cc(Oc4ccccc4)c3n1)C(=O)c1ccccc1-2. The van der Waals surface area contributed by atoms with E-state index in [2.05, 4.69) is 88.2 Å². The normalized spacial score (nSPS) is 12.2. The van der Waals surface area contributed by atoms with Crippen LogP contribution < -0.4 is 49.1 Å². The number of carbonyl (C=O) groups excluding carboxylic acids is 3. The van der Waals surface area contributed by atoms with Crippen LogP contribution in [0.4, 0.5) is 39.8 Å². The van der Waals surface area contributed by atoms with Crippen molar-refractivity contribution in [2.75, 3.05) is 47.8 Å². The molecule has 18 aromatic rings. The van der Waals surface area contributed by atoms with Crippen LogP contribution in [-0.4, -0.2) is 98.1 Å². The second kappa shape index (κ2) is 41.3. The Morgan fingerprint density at radius 2 is 0.732 bits per heavy atom. The molecule has 15 aromatic carbocycles. The average molecular weight is 2120 g/mol. The molecule has 3 aliphatic carbocycles. The Morgan fingerprint density at radius 3 is 1.17 bits per heavy atom. The van der Waals surface area contributed by atoms with Crippen molar-refractivity contribution < 1.29 is 66.5 Å². The van der Waals surface area contributed by atoms with Crippen molar-refractivity contribution in [3.8, 4) is 137 Å². The molecule has 3 aliphatic rings. The van der Waals surface area contributed by atoms with Gasteiger partial charge in [-0.3, -0.25) is 19.1 Å². The van der Waals surface area contributed by atoms with Crippen molar-refractivity contribution in [1.82, 2.24) is 29.9 Å². The summed E-state index contributed by atoms with van der Waals surface area (Å²) in [4.78, 5) is 72.9. The van der Waals surface area contributed by atoms with E-state index in [4.69, 9.17) is 128 Å². The molecule has 0 radical (unpaired) electrons. The molecule has 0 saturated carbocycles. The highest BCUT2D eigenvalue weighted by molar-refractivity contribution is 7.92. The minimum Gasteiger partial charge on any atom is -0.507 e. The molecule has 750 valence electrons. The minimum atomic E-state index is -3.65. The molecule has 0 unspecified atom stereocenters. The van der Waals surface area contributed by atoms with Gasteiger partial charge in [-0.15, -0.1) is 0 Å². The molecule has 31 heteroatoms. The summed E-state index contributed by atoms with van der Waals surface area (Å²) < 4.78 is 65.5. The summed E-state index contributed by atoms with van der Waals surface area (Å²) >= 11 is 38.9. The highest BCUT2D eigenvalue weighted by Gasteiger charge is 2.39. The number of hydrogen-bond acceptors (Lipinski definition) is 23. The molecule has 0 fully saturated rings. The van der Waals surface area contributed by atoms with Gasteiger partial charge in [0.1, 0.15) is 79.5 Å². The van der Waals surface area contributed by atoms with Gasteiger partial charge in [0.25, 0.3) is 0 Å². The summed E-state index contributed by atoms with van der Waals surface area (Å²) in [5.41, 5.74) is 12.5. The number of nitrogens with zero attached hydrogens (tertiary/aromatic N) is 6. The third-order valence-corrected chi connectivity index (χ3v) is 28.7. The van der Waals surface area contributed by atoms with Gasteiger partial charge in [0, 0.05) is 95.5 Å². The molecular weight excluding hydrogens is 2030 g/mol. The number of rotatable bonds is 25. The maximum Gasteiger partial charge on any atom is 0.232 e. The summed E-state index contributed by atoms with van der Waals surface area (Å²) in [6.45, 7) is 19.5. The van der Waals surface area contributed by atoms with E-state index < -0.39 is 10.0 Å². The first kappa shape index (κ1) is 102. The van der Waals surface area contributed by atoms with Gasteiger partial charge < -0.3 is 59.7 Å². The first-order chi connectivity index (χ1) is 71.3. The van der Waals surface area contributed by atoms with Crippen LogP contribution in [0, 0.1) is 5.41 Å². The van der Waals surface area contributed by atoms with E-state index >= 15 is 0 Å². The van der Waals surface area contributed by atoms with Crippen LogP contribution in [0.2, 0.25) is 30.1 Å². The van der Waals surface area contributed by atoms with E-state index in [-0.39, 0.29) is 101 Å². The summed E-state index contributed by atoms with van der Waals surface area (Å²) in [6.07, 6.45) is 2.26. The Labute approximate surface area is 889 Å². The zero-order valence-corrected chi connectivity index (χ0v) is 87.9. The van der Waals surface area contributed by atoms with Crippen molar-refractivity contribution in [2.45, 2.75) is 92.4 Å². The third-order valence-electron chi connectivity index (χ3n) is 25.6. The van der Waals surface area contributed by atoms with Gasteiger partial charge in [-0.1, -0.05) is 278 Å². The molecule has 0 aliphatic heterocycles. The molecule has 7 N–H and O–H groups in total. The number of unbranched alkanes of at least 4 members (excludes halogenated alkanes) is 1. The molecule has 0 bridgehead atoms. The van der Waals surface area contributed by atoms with Crippen molar-refractivity contribution in [2.24, 2.45) is 5.41 Å². The predicted molar refractivity (Wildman–Crippen MR) is 593 cm³/mol. The Balaban J connectivity index is 0.000000141. The van der Waals surface area contributed by atoms with Gasteiger partial charge in [0.05, 0.1) is 121 Å². The zero-order valence-electron chi connectivity index (χ0n) is 82.5. The van der Waals surface area contributed by atoms with Crippen LogP contribution >= 0.6 is 69.6 Å². The van der Waals surface area contributed by atoms with Crippen LogP contribution in [0.25, 0.3) is 101 Å². The molecule has 0 spiro atoms. The van der Waals surface area contributed by atoms with Gasteiger partial charge in [-0.05, 0) is 143 Å². The lowest BCUT2D eigenvalue weighted by Gasteiger charge is -2.33. The van der Waals surface area contributed by atoms with Crippen LogP contribution in [0.15, 0.2) is 273 Å². The van der Waals surface area contributed by atoms with E-state index in [9.17, 15) is 38.1 Å². The number of anilines is 7. The number of phenolic OH excluding ortho intramolecular Hbond substituents is 3. The molecule has 21 rings (SSSR count). The molecule has 3 aromatic heterocycles. The van der Waals surface area contributed by atoms with E-state index in [0.717, 1.165) is 18.4 Å². The first-order valence-corrected chi connectivity index (χ1v) is 51.5. The van der Waals surface area contributed by atoms with Gasteiger partial charge in [-0.2, -0.15) is 0 Å². The number of halogens is 6. The van der Waals surface area contributed by atoms with Crippen LogP contribution in [0.3, 0.4) is 0 Å². The van der Waals surface area contributed by atoms with Gasteiger partial charge in [0.15, 0.2) is 52.1 Å². The number of methoxy groups -OCH3 is 3. The number of ether oxygens (including phenoxy) is 6. The number of sulfonamides is 1. The number of benzene rings is 15. The second-order valence-electron chi connectivity index (χ2n) is 38.7. The maximum absolute atomic E-state index is 14.5. The molecule has 24 nitrogen and oxygen atoms in total. The lowest BCUT2D eigenvalue weighted by molar-refractivity contribution is 0.103. The largest absolute Gasteiger partial charge is 0.507 e. The van der Waals surface area contributed by atoms with Gasteiger partial charge in [-0.25, -0.2) is 38.3 Å². The Morgan fingerprint density at radius 1 is 0.336 bits per heavy atom. The second-order valence-corrected chi connectivity index (χ2v) is 43.0. The topological polar surface area (TPSA) is 327 Å². The number of carbonyl (C=O) groups is 3. The van der Waals surface area contributed by atoms with E-state index in [1.807, 2.05) is 110 Å². The fourth-order valence-corrected chi connectivity index (χ4v) is 21.8. The van der Waals surface area contributed by atoms with Crippen LogP contribution in [0.1, 0.15) is 140 Å². The Kier molecular flexibility index (Phi) is 28.3. The molecule has 0 saturated heterocycles. The first-order valence-electron chi connectivity index (χ1n) is 47.5. The molecule has 3 heterocycles. The lowest BCUT2D eigenvalue weighted by atomic mass is 9.72.